The molecule has 0 fully saturated rings. The largest absolute Gasteiger partial charge is 0.481 e. The van der Waals surface area contributed by atoms with E-state index in [-0.39, 0.29) is 6.42 Å². The van der Waals surface area contributed by atoms with Crippen LogP contribution in [-0.2, 0) is 11.3 Å². The molecule has 0 aliphatic carbocycles. The summed E-state index contributed by atoms with van der Waals surface area (Å²) in [4.78, 5) is 14.8. The van der Waals surface area contributed by atoms with Crippen molar-refractivity contribution < 1.29 is 9.90 Å². The first-order valence-corrected chi connectivity index (χ1v) is 5.94. The number of hydrogen-bond acceptors (Lipinski definition) is 3. The van der Waals surface area contributed by atoms with Gasteiger partial charge < -0.3 is 15.4 Å². The van der Waals surface area contributed by atoms with Crippen LogP contribution in [-0.4, -0.2) is 20.6 Å². The van der Waals surface area contributed by atoms with Crippen LogP contribution in [0.4, 0.5) is 5.95 Å². The second kappa shape index (κ2) is 4.68. The molecule has 0 bridgehead atoms. The standard InChI is InChI=1S/C13H17N3O2/c1-8-6-10-11(7-9(8)2)16(13(14)15-10)5-3-4-12(17)18/h6-7H,3-5H2,1-2H3,(H2,14,15)(H,17,18). The Morgan fingerprint density at radius 2 is 2.06 bits per heavy atom. The van der Waals surface area contributed by atoms with E-state index in [0.717, 1.165) is 11.0 Å². The van der Waals surface area contributed by atoms with Crippen LogP contribution in [0.3, 0.4) is 0 Å². The number of imidazole rings is 1. The molecule has 0 amide bonds. The van der Waals surface area contributed by atoms with Crippen LogP contribution in [0.5, 0.6) is 0 Å². The molecule has 5 nitrogen and oxygen atoms in total. The van der Waals surface area contributed by atoms with Gasteiger partial charge in [0.1, 0.15) is 0 Å². The number of carbonyl (C=O) groups is 1. The summed E-state index contributed by atoms with van der Waals surface area (Å²) >= 11 is 0. The van der Waals surface area contributed by atoms with Gasteiger partial charge in [0.05, 0.1) is 11.0 Å². The lowest BCUT2D eigenvalue weighted by Crippen LogP contribution is -2.05. The maximum Gasteiger partial charge on any atom is 0.303 e. The van der Waals surface area contributed by atoms with Gasteiger partial charge in [0, 0.05) is 13.0 Å². The Morgan fingerprint density at radius 3 is 2.72 bits per heavy atom. The third-order valence-electron chi connectivity index (χ3n) is 3.17. The average molecular weight is 247 g/mol. The second-order valence-corrected chi connectivity index (χ2v) is 4.54. The molecule has 2 rings (SSSR count). The Bertz CT molecular complexity index is 602. The van der Waals surface area contributed by atoms with Gasteiger partial charge in [-0.3, -0.25) is 4.79 Å². The molecule has 5 heteroatoms. The van der Waals surface area contributed by atoms with Gasteiger partial charge in [-0.2, -0.15) is 0 Å². The van der Waals surface area contributed by atoms with E-state index in [2.05, 4.69) is 11.1 Å². The van der Waals surface area contributed by atoms with Crippen molar-refractivity contribution in [1.82, 2.24) is 9.55 Å². The number of benzene rings is 1. The highest BCUT2D eigenvalue weighted by atomic mass is 16.4. The normalized spacial score (nSPS) is 11.0. The van der Waals surface area contributed by atoms with Gasteiger partial charge in [0.25, 0.3) is 0 Å². The first kappa shape index (κ1) is 12.4. The van der Waals surface area contributed by atoms with Crippen LogP contribution < -0.4 is 5.73 Å². The number of anilines is 1. The number of aryl methyl sites for hydroxylation is 3. The Morgan fingerprint density at radius 1 is 1.39 bits per heavy atom. The fourth-order valence-electron chi connectivity index (χ4n) is 2.02. The van der Waals surface area contributed by atoms with Gasteiger partial charge in [-0.15, -0.1) is 0 Å². The topological polar surface area (TPSA) is 81.1 Å². The van der Waals surface area contributed by atoms with Gasteiger partial charge in [-0.25, -0.2) is 4.98 Å². The molecule has 1 aromatic carbocycles. The van der Waals surface area contributed by atoms with Crippen molar-refractivity contribution in [1.29, 1.82) is 0 Å². The van der Waals surface area contributed by atoms with Crippen LogP contribution >= 0.6 is 0 Å². The number of nitrogens with two attached hydrogens (primary N) is 1. The van der Waals surface area contributed by atoms with Crippen molar-refractivity contribution in [2.45, 2.75) is 33.2 Å². The third-order valence-corrected chi connectivity index (χ3v) is 3.17. The van der Waals surface area contributed by atoms with Crippen molar-refractivity contribution in [2.75, 3.05) is 5.73 Å². The van der Waals surface area contributed by atoms with E-state index in [1.165, 1.54) is 11.1 Å². The van der Waals surface area contributed by atoms with Gasteiger partial charge in [0.15, 0.2) is 0 Å². The number of hydrogen-bond donors (Lipinski definition) is 2. The molecule has 0 radical (unpaired) electrons. The van der Waals surface area contributed by atoms with E-state index in [1.54, 1.807) is 0 Å². The van der Waals surface area contributed by atoms with Crippen molar-refractivity contribution in [3.63, 3.8) is 0 Å². The number of aromatic nitrogens is 2. The predicted octanol–water partition coefficient (Wildman–Crippen LogP) is 2.10. The molecule has 0 aliphatic heterocycles. The maximum absolute atomic E-state index is 10.5. The first-order chi connectivity index (χ1) is 8.49. The van der Waals surface area contributed by atoms with Crippen LogP contribution in [0.15, 0.2) is 12.1 Å². The number of fused-ring (bicyclic) bond motifs is 1. The van der Waals surface area contributed by atoms with Gasteiger partial charge in [-0.05, 0) is 43.5 Å². The Hall–Kier alpha value is -2.04. The zero-order valence-electron chi connectivity index (χ0n) is 10.6. The molecule has 1 aromatic heterocycles. The van der Waals surface area contributed by atoms with Crippen LogP contribution in [0.1, 0.15) is 24.0 Å². The second-order valence-electron chi connectivity index (χ2n) is 4.54. The van der Waals surface area contributed by atoms with E-state index < -0.39 is 5.97 Å². The third kappa shape index (κ3) is 2.30. The molecular weight excluding hydrogens is 230 g/mol. The minimum absolute atomic E-state index is 0.143. The van der Waals surface area contributed by atoms with Crippen LogP contribution in [0.2, 0.25) is 0 Å². The number of rotatable bonds is 4. The summed E-state index contributed by atoms with van der Waals surface area (Å²) in [6, 6.07) is 4.06. The molecule has 96 valence electrons. The fourth-order valence-corrected chi connectivity index (χ4v) is 2.02. The van der Waals surface area contributed by atoms with E-state index in [4.69, 9.17) is 10.8 Å². The van der Waals surface area contributed by atoms with Crippen molar-refractivity contribution >= 4 is 23.0 Å². The van der Waals surface area contributed by atoms with E-state index in [1.807, 2.05) is 24.5 Å². The molecule has 2 aromatic rings. The molecule has 0 spiro atoms. The predicted molar refractivity (Wildman–Crippen MR) is 70.5 cm³/mol. The summed E-state index contributed by atoms with van der Waals surface area (Å²) in [7, 11) is 0. The van der Waals surface area contributed by atoms with Gasteiger partial charge in [0.2, 0.25) is 5.95 Å². The monoisotopic (exact) mass is 247 g/mol. The highest BCUT2D eigenvalue weighted by Gasteiger charge is 2.09. The summed E-state index contributed by atoms with van der Waals surface area (Å²) in [6.45, 7) is 4.66. The Balaban J connectivity index is 2.34. The van der Waals surface area contributed by atoms with Crippen LogP contribution in [0.25, 0.3) is 11.0 Å². The maximum atomic E-state index is 10.5. The van der Waals surface area contributed by atoms with Gasteiger partial charge in [-0.1, -0.05) is 0 Å². The Kier molecular flexibility index (Phi) is 3.23. The summed E-state index contributed by atoms with van der Waals surface area (Å²) < 4.78 is 1.88. The molecule has 1 heterocycles. The molecule has 3 N–H and O–H groups in total. The van der Waals surface area contributed by atoms with Crippen LogP contribution in [0, 0.1) is 13.8 Å². The van der Waals surface area contributed by atoms with E-state index in [0.29, 0.717) is 18.9 Å². The lowest BCUT2D eigenvalue weighted by molar-refractivity contribution is -0.137. The highest BCUT2D eigenvalue weighted by Crippen LogP contribution is 2.22. The smallest absolute Gasteiger partial charge is 0.303 e. The molecular formula is C13H17N3O2. The minimum atomic E-state index is -0.787. The summed E-state index contributed by atoms with van der Waals surface area (Å²) in [5.74, 6) is -0.342. The molecule has 0 saturated heterocycles. The Labute approximate surface area is 105 Å². The number of nitrogen functional groups attached to an aromatic ring is 1. The van der Waals surface area contributed by atoms with Crippen molar-refractivity contribution in [3.8, 4) is 0 Å². The zero-order chi connectivity index (χ0) is 13.3. The number of carboxylic acid groups (broad SMARTS) is 1. The zero-order valence-corrected chi connectivity index (χ0v) is 10.6. The minimum Gasteiger partial charge on any atom is -0.481 e. The average Bonchev–Trinajstić information content (AvgIpc) is 2.56. The molecule has 0 saturated carbocycles. The number of carboxylic acids is 1. The molecule has 0 aliphatic rings. The molecule has 0 unspecified atom stereocenters. The first-order valence-electron chi connectivity index (χ1n) is 5.94. The quantitative estimate of drug-likeness (QED) is 0.866. The number of aliphatic carboxylic acids is 1. The van der Waals surface area contributed by atoms with Crippen molar-refractivity contribution in [2.24, 2.45) is 0 Å². The molecule has 0 atom stereocenters. The lowest BCUT2D eigenvalue weighted by atomic mass is 10.1. The summed E-state index contributed by atoms with van der Waals surface area (Å²) in [6.07, 6.45) is 0.696. The van der Waals surface area contributed by atoms with E-state index >= 15 is 0 Å². The highest BCUT2D eigenvalue weighted by molar-refractivity contribution is 5.80. The summed E-state index contributed by atoms with van der Waals surface area (Å²) in [5.41, 5.74) is 10.1. The van der Waals surface area contributed by atoms with E-state index in [9.17, 15) is 4.79 Å². The van der Waals surface area contributed by atoms with Crippen molar-refractivity contribution in [3.05, 3.63) is 23.3 Å². The summed E-state index contributed by atoms with van der Waals surface area (Å²) in [5, 5.41) is 8.65. The molecule has 18 heavy (non-hydrogen) atoms. The fraction of sp³-hybridized carbons (Fsp3) is 0.385. The lowest BCUT2D eigenvalue weighted by Gasteiger charge is -2.06. The SMILES string of the molecule is Cc1cc2nc(N)n(CCCC(=O)O)c2cc1C. The van der Waals surface area contributed by atoms with Gasteiger partial charge >= 0.3 is 5.97 Å². The number of nitrogens with zero attached hydrogens (tertiary/aromatic N) is 2.